The first-order valence-corrected chi connectivity index (χ1v) is 10.7. The van der Waals surface area contributed by atoms with Gasteiger partial charge in [-0.25, -0.2) is 9.59 Å². The summed E-state index contributed by atoms with van der Waals surface area (Å²) in [5.41, 5.74) is 0.121. The number of ether oxygens (including phenoxy) is 2. The smallest absolute Gasteiger partial charge is 0.408 e. The van der Waals surface area contributed by atoms with E-state index >= 15 is 0 Å². The third kappa shape index (κ3) is 11.4. The molecule has 8 heteroatoms. The lowest BCUT2D eigenvalue weighted by Gasteiger charge is -2.25. The molecule has 2 amide bonds. The van der Waals surface area contributed by atoms with Gasteiger partial charge in [0.1, 0.15) is 17.7 Å². The van der Waals surface area contributed by atoms with Gasteiger partial charge in [0.2, 0.25) is 5.91 Å². The summed E-state index contributed by atoms with van der Waals surface area (Å²) in [6, 6.07) is 7.40. The maximum absolute atomic E-state index is 13.0. The quantitative estimate of drug-likeness (QED) is 0.383. The molecule has 0 saturated carbocycles. The molecule has 174 valence electrons. The van der Waals surface area contributed by atoms with Crippen LogP contribution in [-0.4, -0.2) is 48.9 Å². The number of nitrogens with one attached hydrogen (secondary N) is 2. The Morgan fingerprint density at radius 2 is 1.68 bits per heavy atom. The largest absolute Gasteiger partial charge is 0.464 e. The minimum Gasteiger partial charge on any atom is -0.464 e. The van der Waals surface area contributed by atoms with Crippen LogP contribution in [0.5, 0.6) is 0 Å². The molecule has 0 heterocycles. The monoisotopic (exact) mass is 438 g/mol. The Morgan fingerprint density at radius 1 is 1.00 bits per heavy atom. The highest BCUT2D eigenvalue weighted by Crippen LogP contribution is 2.10. The van der Waals surface area contributed by atoms with Gasteiger partial charge in [0.15, 0.2) is 0 Å². The predicted molar refractivity (Wildman–Crippen MR) is 116 cm³/mol. The van der Waals surface area contributed by atoms with E-state index in [-0.39, 0.29) is 13.0 Å². The molecule has 0 bridgehead atoms. The molecule has 0 fully saturated rings. The predicted octanol–water partition coefficient (Wildman–Crippen LogP) is 3.70. The lowest BCUT2D eigenvalue weighted by atomic mass is 10.0. The highest BCUT2D eigenvalue weighted by Gasteiger charge is 2.29. The molecule has 7 nitrogen and oxygen atoms in total. The lowest BCUT2D eigenvalue weighted by molar-refractivity contribution is -0.147. The second-order valence-corrected chi connectivity index (χ2v) is 8.24. The Morgan fingerprint density at radius 3 is 2.26 bits per heavy atom. The Kier molecular flexibility index (Phi) is 11.6. The number of hydrogen-bond donors (Lipinski definition) is 2. The highest BCUT2D eigenvalue weighted by molar-refractivity contribution is 5.89. The molecule has 0 saturated heterocycles. The zero-order valence-corrected chi connectivity index (χ0v) is 18.9. The van der Waals surface area contributed by atoms with E-state index in [1.165, 1.54) is 0 Å². The third-order valence-corrected chi connectivity index (χ3v) is 4.30. The Hall–Kier alpha value is -2.64. The van der Waals surface area contributed by atoms with Crippen LogP contribution in [0.2, 0.25) is 0 Å². The summed E-state index contributed by atoms with van der Waals surface area (Å²) in [4.78, 5) is 37.6. The van der Waals surface area contributed by atoms with E-state index in [0.717, 1.165) is 5.56 Å². The summed E-state index contributed by atoms with van der Waals surface area (Å²) in [5.74, 6) is -1.06. The van der Waals surface area contributed by atoms with Crippen LogP contribution >= 0.6 is 0 Å². The van der Waals surface area contributed by atoms with Gasteiger partial charge in [-0.15, -0.1) is 0 Å². The van der Waals surface area contributed by atoms with Gasteiger partial charge >= 0.3 is 12.1 Å². The molecule has 1 rings (SSSR count). The van der Waals surface area contributed by atoms with Gasteiger partial charge in [0.25, 0.3) is 0 Å². The standard InChI is InChI=1S/C23H35FN2O5/c1-5-30-21(28)18(14-10-7-11-15-24)25-20(27)19(16-17-12-8-6-9-13-17)26-22(29)31-23(2,3)4/h6,8-9,12-13,18-19H,5,7,10-11,14-16H2,1-4H3,(H,25,27)(H,26,29)/t18-,19-/m1/s1. The molecule has 0 aliphatic rings. The maximum Gasteiger partial charge on any atom is 0.408 e. The van der Waals surface area contributed by atoms with Crippen LogP contribution in [0.3, 0.4) is 0 Å². The fourth-order valence-electron chi connectivity index (χ4n) is 2.89. The van der Waals surface area contributed by atoms with E-state index < -0.39 is 42.3 Å². The topological polar surface area (TPSA) is 93.7 Å². The molecule has 0 aliphatic carbocycles. The number of esters is 1. The van der Waals surface area contributed by atoms with E-state index in [1.807, 2.05) is 30.3 Å². The summed E-state index contributed by atoms with van der Waals surface area (Å²) in [6.45, 7) is 6.63. The average Bonchev–Trinajstić information content (AvgIpc) is 2.69. The molecule has 0 spiro atoms. The number of rotatable bonds is 12. The van der Waals surface area contributed by atoms with Crippen LogP contribution in [-0.2, 0) is 25.5 Å². The van der Waals surface area contributed by atoms with Crippen molar-refractivity contribution in [2.45, 2.75) is 77.5 Å². The summed E-state index contributed by atoms with van der Waals surface area (Å²) in [6.07, 6.45) is 1.40. The molecule has 2 atom stereocenters. The molecule has 0 radical (unpaired) electrons. The van der Waals surface area contributed by atoms with Crippen molar-refractivity contribution in [1.29, 1.82) is 0 Å². The van der Waals surface area contributed by atoms with E-state index in [0.29, 0.717) is 25.7 Å². The molecule has 0 aromatic heterocycles. The molecule has 0 aliphatic heterocycles. The first-order chi connectivity index (χ1) is 14.7. The molecule has 1 aromatic carbocycles. The average molecular weight is 439 g/mol. The van der Waals surface area contributed by atoms with Crippen molar-refractivity contribution < 1.29 is 28.2 Å². The summed E-state index contributed by atoms with van der Waals surface area (Å²) in [7, 11) is 0. The minimum absolute atomic E-state index is 0.180. The lowest BCUT2D eigenvalue weighted by Crippen LogP contribution is -2.53. The highest BCUT2D eigenvalue weighted by atomic mass is 19.1. The Bertz CT molecular complexity index is 691. The van der Waals surface area contributed by atoms with Gasteiger partial charge in [-0.3, -0.25) is 9.18 Å². The van der Waals surface area contributed by atoms with Crippen molar-refractivity contribution in [3.8, 4) is 0 Å². The van der Waals surface area contributed by atoms with Crippen molar-refractivity contribution in [2.75, 3.05) is 13.3 Å². The second-order valence-electron chi connectivity index (χ2n) is 8.24. The number of unbranched alkanes of at least 4 members (excludes halogenated alkanes) is 2. The molecule has 31 heavy (non-hydrogen) atoms. The van der Waals surface area contributed by atoms with Crippen LogP contribution in [0.4, 0.5) is 9.18 Å². The fourth-order valence-corrected chi connectivity index (χ4v) is 2.89. The van der Waals surface area contributed by atoms with Crippen LogP contribution in [0, 0.1) is 0 Å². The molecule has 1 aromatic rings. The number of alkyl halides is 1. The molecular formula is C23H35FN2O5. The first kappa shape index (κ1) is 26.4. The van der Waals surface area contributed by atoms with Crippen molar-refractivity contribution in [2.24, 2.45) is 0 Å². The zero-order chi connectivity index (χ0) is 23.3. The van der Waals surface area contributed by atoms with E-state index in [4.69, 9.17) is 9.47 Å². The maximum atomic E-state index is 13.0. The number of benzene rings is 1. The van der Waals surface area contributed by atoms with Gasteiger partial charge in [-0.1, -0.05) is 43.2 Å². The number of halogens is 1. The van der Waals surface area contributed by atoms with Gasteiger partial charge < -0.3 is 20.1 Å². The minimum atomic E-state index is -0.944. The van der Waals surface area contributed by atoms with Crippen molar-refractivity contribution >= 4 is 18.0 Å². The molecular weight excluding hydrogens is 403 g/mol. The van der Waals surface area contributed by atoms with Crippen LogP contribution < -0.4 is 10.6 Å². The van der Waals surface area contributed by atoms with E-state index in [2.05, 4.69) is 10.6 Å². The number of amides is 2. The fraction of sp³-hybridized carbons (Fsp3) is 0.609. The van der Waals surface area contributed by atoms with Gasteiger partial charge in [-0.05, 0) is 46.1 Å². The number of hydrogen-bond acceptors (Lipinski definition) is 5. The Balaban J connectivity index is 2.91. The number of carbonyl (C=O) groups is 3. The van der Waals surface area contributed by atoms with Gasteiger partial charge in [-0.2, -0.15) is 0 Å². The number of carbonyl (C=O) groups excluding carboxylic acids is 3. The van der Waals surface area contributed by atoms with Crippen LogP contribution in [0.25, 0.3) is 0 Å². The summed E-state index contributed by atoms with van der Waals surface area (Å²) in [5, 5.41) is 5.29. The van der Waals surface area contributed by atoms with Crippen molar-refractivity contribution in [3.05, 3.63) is 35.9 Å². The molecule has 0 unspecified atom stereocenters. The Labute approximate surface area is 184 Å². The zero-order valence-electron chi connectivity index (χ0n) is 18.9. The third-order valence-electron chi connectivity index (χ3n) is 4.30. The van der Waals surface area contributed by atoms with Crippen molar-refractivity contribution in [1.82, 2.24) is 10.6 Å². The summed E-state index contributed by atoms with van der Waals surface area (Å²) < 4.78 is 22.7. The first-order valence-electron chi connectivity index (χ1n) is 10.7. The van der Waals surface area contributed by atoms with Crippen LogP contribution in [0.15, 0.2) is 30.3 Å². The molecule has 2 N–H and O–H groups in total. The van der Waals surface area contributed by atoms with E-state index in [9.17, 15) is 18.8 Å². The van der Waals surface area contributed by atoms with E-state index in [1.54, 1.807) is 27.7 Å². The van der Waals surface area contributed by atoms with Gasteiger partial charge in [0.05, 0.1) is 13.3 Å². The summed E-state index contributed by atoms with van der Waals surface area (Å²) >= 11 is 0. The van der Waals surface area contributed by atoms with Crippen molar-refractivity contribution in [3.63, 3.8) is 0 Å². The SMILES string of the molecule is CCOC(=O)[C@@H](CCCCCF)NC(=O)[C@@H](Cc1ccccc1)NC(=O)OC(C)(C)C. The van der Waals surface area contributed by atoms with Crippen LogP contribution in [0.1, 0.15) is 58.9 Å². The second kappa shape index (κ2) is 13.6. The van der Waals surface area contributed by atoms with Gasteiger partial charge in [0, 0.05) is 6.42 Å². The number of alkyl carbamates (subject to hydrolysis) is 1. The normalized spacial score (nSPS) is 13.1.